The minimum Gasteiger partial charge on any atom is -0.484 e. The highest BCUT2D eigenvalue weighted by molar-refractivity contribution is 7.92. The molecule has 1 saturated heterocycles. The molecule has 0 saturated carbocycles. The molecule has 2 amide bonds. The third kappa shape index (κ3) is 8.35. The van der Waals surface area contributed by atoms with Crippen LogP contribution in [0.1, 0.15) is 24.0 Å². The van der Waals surface area contributed by atoms with Crippen molar-refractivity contribution in [2.24, 2.45) is 5.10 Å². The van der Waals surface area contributed by atoms with Crippen LogP contribution in [0.2, 0.25) is 0 Å². The Balaban J connectivity index is 1.33. The zero-order valence-corrected chi connectivity index (χ0v) is 23.3. The van der Waals surface area contributed by atoms with E-state index in [0.29, 0.717) is 22.2 Å². The van der Waals surface area contributed by atoms with Gasteiger partial charge in [-0.05, 0) is 73.9 Å². The van der Waals surface area contributed by atoms with Crippen LogP contribution in [0.3, 0.4) is 0 Å². The van der Waals surface area contributed by atoms with Gasteiger partial charge >= 0.3 is 0 Å². The molecule has 3 aromatic rings. The highest BCUT2D eigenvalue weighted by Gasteiger charge is 2.29. The molecule has 12 heteroatoms. The minimum atomic E-state index is -4.26. The van der Waals surface area contributed by atoms with Crippen molar-refractivity contribution in [3.8, 4) is 5.75 Å². The largest absolute Gasteiger partial charge is 0.484 e. The summed E-state index contributed by atoms with van der Waals surface area (Å²) in [7, 11) is -4.26. The van der Waals surface area contributed by atoms with Gasteiger partial charge in [-0.3, -0.25) is 13.9 Å². The molecule has 0 bridgehead atoms. The Bertz CT molecular complexity index is 1470. The van der Waals surface area contributed by atoms with Crippen LogP contribution in [0.25, 0.3) is 0 Å². The fraction of sp³-hybridized carbons (Fsp3) is 0.276. The number of aryl methyl sites for hydroxylation is 1. The number of para-hydroxylation sites is 1. The van der Waals surface area contributed by atoms with Crippen molar-refractivity contribution in [1.82, 2.24) is 10.7 Å². The molecule has 10 nitrogen and oxygen atoms in total. The van der Waals surface area contributed by atoms with Gasteiger partial charge in [0.25, 0.3) is 21.8 Å². The smallest absolute Gasteiger partial charge is 0.264 e. The van der Waals surface area contributed by atoms with Gasteiger partial charge in [0, 0.05) is 13.2 Å². The van der Waals surface area contributed by atoms with Crippen molar-refractivity contribution in [1.29, 1.82) is 0 Å². The quantitative estimate of drug-likeness (QED) is 0.250. The second kappa shape index (κ2) is 13.9. The van der Waals surface area contributed by atoms with Crippen molar-refractivity contribution in [3.05, 3.63) is 89.7 Å². The van der Waals surface area contributed by atoms with Crippen molar-refractivity contribution < 1.29 is 31.9 Å². The van der Waals surface area contributed by atoms with Crippen LogP contribution in [0.15, 0.2) is 82.8 Å². The Labute approximate surface area is 238 Å². The first-order valence-electron chi connectivity index (χ1n) is 13.0. The molecule has 0 spiro atoms. The minimum absolute atomic E-state index is 0.0539. The Hall–Kier alpha value is -4.29. The van der Waals surface area contributed by atoms with E-state index in [4.69, 9.17) is 9.47 Å². The number of halogens is 1. The second-order valence-electron chi connectivity index (χ2n) is 9.37. The van der Waals surface area contributed by atoms with Gasteiger partial charge in [-0.15, -0.1) is 0 Å². The zero-order chi connectivity index (χ0) is 29.2. The summed E-state index contributed by atoms with van der Waals surface area (Å²) in [6.07, 6.45) is 3.34. The molecule has 4 rings (SSSR count). The number of hydrogen-bond acceptors (Lipinski definition) is 7. The maximum atomic E-state index is 14.6. The summed E-state index contributed by atoms with van der Waals surface area (Å²) in [5.74, 6) is -1.33. The van der Waals surface area contributed by atoms with E-state index in [1.54, 1.807) is 36.4 Å². The summed E-state index contributed by atoms with van der Waals surface area (Å²) in [4.78, 5) is 24.6. The highest BCUT2D eigenvalue weighted by atomic mass is 32.2. The Morgan fingerprint density at radius 3 is 2.49 bits per heavy atom. The SMILES string of the molecule is Cc1ccc(S(=O)(=O)N(CC(=O)N/N=C\c2ccc(OCC(=O)NC[C@@H]3CCCO3)cc2)c2ccccc2F)cc1. The maximum absolute atomic E-state index is 14.6. The van der Waals surface area contributed by atoms with Gasteiger partial charge in [0.05, 0.1) is 22.9 Å². The van der Waals surface area contributed by atoms with Crippen molar-refractivity contribution >= 4 is 33.7 Å². The molecule has 1 fully saturated rings. The van der Waals surface area contributed by atoms with E-state index in [9.17, 15) is 22.4 Å². The average Bonchev–Trinajstić information content (AvgIpc) is 3.49. The molecule has 1 heterocycles. The van der Waals surface area contributed by atoms with Gasteiger partial charge in [0.2, 0.25) is 0 Å². The predicted molar refractivity (Wildman–Crippen MR) is 152 cm³/mol. The van der Waals surface area contributed by atoms with E-state index >= 15 is 0 Å². The fourth-order valence-electron chi connectivity index (χ4n) is 4.02. The summed E-state index contributed by atoms with van der Waals surface area (Å²) in [6, 6.07) is 18.0. The lowest BCUT2D eigenvalue weighted by Crippen LogP contribution is -2.40. The summed E-state index contributed by atoms with van der Waals surface area (Å²) < 4.78 is 53.0. The Morgan fingerprint density at radius 1 is 1.07 bits per heavy atom. The van der Waals surface area contributed by atoms with Crippen LogP contribution >= 0.6 is 0 Å². The lowest BCUT2D eigenvalue weighted by atomic mass is 10.2. The molecule has 216 valence electrons. The van der Waals surface area contributed by atoms with Crippen LogP contribution in [0, 0.1) is 12.7 Å². The maximum Gasteiger partial charge on any atom is 0.264 e. The predicted octanol–water partition coefficient (Wildman–Crippen LogP) is 3.15. The number of sulfonamides is 1. The summed E-state index contributed by atoms with van der Waals surface area (Å²) in [6.45, 7) is 2.15. The first-order chi connectivity index (χ1) is 19.7. The van der Waals surface area contributed by atoms with Crippen molar-refractivity contribution in [2.45, 2.75) is 30.8 Å². The molecule has 0 aromatic heterocycles. The Kier molecular flexibility index (Phi) is 10.0. The molecule has 3 aromatic carbocycles. The summed E-state index contributed by atoms with van der Waals surface area (Å²) in [5, 5.41) is 6.67. The number of hydrogen-bond donors (Lipinski definition) is 2. The van der Waals surface area contributed by atoms with Crippen LogP contribution in [0.5, 0.6) is 5.75 Å². The number of nitrogens with zero attached hydrogens (tertiary/aromatic N) is 2. The van der Waals surface area contributed by atoms with E-state index in [1.165, 1.54) is 36.5 Å². The molecule has 1 atom stereocenters. The fourth-order valence-corrected chi connectivity index (χ4v) is 5.45. The number of carbonyl (C=O) groups excluding carboxylic acids is 2. The molecule has 2 N–H and O–H groups in total. The van der Waals surface area contributed by atoms with Gasteiger partial charge in [0.15, 0.2) is 6.61 Å². The molecule has 1 aliphatic heterocycles. The normalized spacial score (nSPS) is 15.0. The van der Waals surface area contributed by atoms with E-state index in [2.05, 4.69) is 15.8 Å². The second-order valence-corrected chi connectivity index (χ2v) is 11.2. The number of anilines is 1. The number of hydrazone groups is 1. The third-order valence-electron chi connectivity index (χ3n) is 6.22. The number of benzene rings is 3. The van der Waals surface area contributed by atoms with Gasteiger partial charge < -0.3 is 14.8 Å². The molecule has 1 aliphatic rings. The molecule has 0 radical (unpaired) electrons. The van der Waals surface area contributed by atoms with Gasteiger partial charge in [-0.1, -0.05) is 29.8 Å². The van der Waals surface area contributed by atoms with Crippen LogP contribution in [-0.4, -0.2) is 58.9 Å². The topological polar surface area (TPSA) is 126 Å². The monoisotopic (exact) mass is 582 g/mol. The van der Waals surface area contributed by atoms with Crippen LogP contribution < -0.4 is 19.8 Å². The zero-order valence-electron chi connectivity index (χ0n) is 22.5. The number of carbonyl (C=O) groups is 2. The van der Waals surface area contributed by atoms with Gasteiger partial charge in [-0.2, -0.15) is 5.10 Å². The van der Waals surface area contributed by atoms with Crippen LogP contribution in [0.4, 0.5) is 10.1 Å². The van der Waals surface area contributed by atoms with Crippen LogP contribution in [-0.2, 0) is 24.3 Å². The number of nitrogens with one attached hydrogen (secondary N) is 2. The lowest BCUT2D eigenvalue weighted by Gasteiger charge is -2.24. The van der Waals surface area contributed by atoms with Gasteiger partial charge in [-0.25, -0.2) is 18.2 Å². The third-order valence-corrected chi connectivity index (χ3v) is 8.00. The number of rotatable bonds is 12. The average molecular weight is 583 g/mol. The van der Waals surface area contributed by atoms with E-state index in [1.807, 2.05) is 6.92 Å². The van der Waals surface area contributed by atoms with E-state index < -0.39 is 28.3 Å². The van der Waals surface area contributed by atoms with Crippen molar-refractivity contribution in [2.75, 3.05) is 30.6 Å². The first-order valence-corrected chi connectivity index (χ1v) is 14.4. The molecular formula is C29H31FN4O6S. The molecule has 41 heavy (non-hydrogen) atoms. The Morgan fingerprint density at radius 2 is 1.80 bits per heavy atom. The van der Waals surface area contributed by atoms with Crippen molar-refractivity contribution in [3.63, 3.8) is 0 Å². The number of ether oxygens (including phenoxy) is 2. The number of amides is 2. The molecule has 0 unspecified atom stereocenters. The summed E-state index contributed by atoms with van der Waals surface area (Å²) >= 11 is 0. The first kappa shape index (κ1) is 29.7. The summed E-state index contributed by atoms with van der Waals surface area (Å²) in [5.41, 5.74) is 3.48. The molecule has 0 aliphatic carbocycles. The molecular weight excluding hydrogens is 551 g/mol. The van der Waals surface area contributed by atoms with E-state index in [-0.39, 0.29) is 29.2 Å². The lowest BCUT2D eigenvalue weighted by molar-refractivity contribution is -0.123. The standard InChI is InChI=1S/C29H31FN4O6S/c1-21-8-14-25(15-9-21)41(37,38)34(27-7-3-2-6-26(27)30)19-28(35)33-32-17-22-10-12-23(13-11-22)40-20-29(36)31-18-24-5-4-16-39-24/h2-3,6-15,17,24H,4-5,16,18-20H2,1H3,(H,31,36)(H,33,35)/b32-17-/t24-/m0/s1. The van der Waals surface area contributed by atoms with E-state index in [0.717, 1.165) is 31.1 Å². The highest BCUT2D eigenvalue weighted by Crippen LogP contribution is 2.26. The van der Waals surface area contributed by atoms with Gasteiger partial charge in [0.1, 0.15) is 18.1 Å².